The Kier molecular flexibility index (Phi) is 5.40. The first-order valence-corrected chi connectivity index (χ1v) is 6.49. The number of nitrogens with one attached hydrogen (secondary N) is 2. The second kappa shape index (κ2) is 7.74. The van der Waals surface area contributed by atoms with Crippen molar-refractivity contribution < 1.29 is 14.3 Å². The first kappa shape index (κ1) is 14.6. The van der Waals surface area contributed by atoms with E-state index in [4.69, 9.17) is 9.47 Å². The minimum absolute atomic E-state index is 0.278. The highest BCUT2D eigenvalue weighted by Crippen LogP contribution is 2.16. The molecule has 2 rings (SSSR count). The van der Waals surface area contributed by atoms with Gasteiger partial charge in [-0.3, -0.25) is 4.98 Å². The summed E-state index contributed by atoms with van der Waals surface area (Å²) in [6, 6.07) is 10.4. The number of anilines is 1. The van der Waals surface area contributed by atoms with E-state index in [2.05, 4.69) is 15.6 Å². The SMILES string of the molecule is COc1ccc(OCCNC(=O)Nc2ccncc2)cc1. The fourth-order valence-corrected chi connectivity index (χ4v) is 1.62. The summed E-state index contributed by atoms with van der Waals surface area (Å²) in [6.07, 6.45) is 3.23. The lowest BCUT2D eigenvalue weighted by Crippen LogP contribution is -2.32. The first-order valence-electron chi connectivity index (χ1n) is 6.49. The van der Waals surface area contributed by atoms with Gasteiger partial charge in [-0.05, 0) is 36.4 Å². The third kappa shape index (κ3) is 5.02. The van der Waals surface area contributed by atoms with Crippen LogP contribution in [0.5, 0.6) is 11.5 Å². The van der Waals surface area contributed by atoms with Crippen molar-refractivity contribution in [1.29, 1.82) is 0 Å². The van der Waals surface area contributed by atoms with Gasteiger partial charge in [-0.15, -0.1) is 0 Å². The second-order valence-electron chi connectivity index (χ2n) is 4.14. The number of urea groups is 1. The van der Waals surface area contributed by atoms with Crippen LogP contribution in [0.2, 0.25) is 0 Å². The van der Waals surface area contributed by atoms with Crippen LogP contribution < -0.4 is 20.1 Å². The lowest BCUT2D eigenvalue weighted by Gasteiger charge is -2.09. The lowest BCUT2D eigenvalue weighted by molar-refractivity contribution is 0.247. The molecular formula is C15H17N3O3. The van der Waals surface area contributed by atoms with Crippen LogP contribution >= 0.6 is 0 Å². The molecule has 1 aromatic carbocycles. The number of benzene rings is 1. The zero-order valence-corrected chi connectivity index (χ0v) is 11.7. The van der Waals surface area contributed by atoms with E-state index in [1.54, 1.807) is 31.6 Å². The van der Waals surface area contributed by atoms with Crippen LogP contribution in [0.4, 0.5) is 10.5 Å². The van der Waals surface area contributed by atoms with Gasteiger partial charge >= 0.3 is 6.03 Å². The van der Waals surface area contributed by atoms with Crippen molar-refractivity contribution in [3.63, 3.8) is 0 Å². The molecule has 0 fully saturated rings. The summed E-state index contributed by atoms with van der Waals surface area (Å²) >= 11 is 0. The number of aromatic nitrogens is 1. The van der Waals surface area contributed by atoms with Crippen LogP contribution in [0.3, 0.4) is 0 Å². The molecule has 0 unspecified atom stereocenters. The maximum atomic E-state index is 11.6. The van der Waals surface area contributed by atoms with Gasteiger partial charge in [0, 0.05) is 18.1 Å². The number of carbonyl (C=O) groups is 1. The van der Waals surface area contributed by atoms with E-state index < -0.39 is 0 Å². The molecule has 0 radical (unpaired) electrons. The molecule has 2 N–H and O–H groups in total. The number of amides is 2. The van der Waals surface area contributed by atoms with Gasteiger partial charge in [-0.1, -0.05) is 0 Å². The number of hydrogen-bond donors (Lipinski definition) is 2. The summed E-state index contributed by atoms with van der Waals surface area (Å²) in [5.41, 5.74) is 0.693. The Morgan fingerprint density at radius 3 is 2.43 bits per heavy atom. The van der Waals surface area contributed by atoms with Gasteiger partial charge in [0.2, 0.25) is 0 Å². The highest BCUT2D eigenvalue weighted by Gasteiger charge is 2.00. The van der Waals surface area contributed by atoms with E-state index >= 15 is 0 Å². The van der Waals surface area contributed by atoms with Crippen LogP contribution in [0.1, 0.15) is 0 Å². The third-order valence-electron chi connectivity index (χ3n) is 2.65. The van der Waals surface area contributed by atoms with Crippen LogP contribution in [-0.2, 0) is 0 Å². The molecule has 2 aromatic rings. The molecule has 0 aliphatic rings. The topological polar surface area (TPSA) is 72.5 Å². The Labute approximate surface area is 123 Å². The molecule has 0 bridgehead atoms. The van der Waals surface area contributed by atoms with Crippen molar-refractivity contribution in [3.8, 4) is 11.5 Å². The molecule has 0 saturated carbocycles. The minimum Gasteiger partial charge on any atom is -0.497 e. The summed E-state index contributed by atoms with van der Waals surface area (Å²) in [5, 5.41) is 5.40. The van der Waals surface area contributed by atoms with E-state index in [-0.39, 0.29) is 6.03 Å². The molecular weight excluding hydrogens is 270 g/mol. The number of hydrogen-bond acceptors (Lipinski definition) is 4. The Morgan fingerprint density at radius 1 is 1.10 bits per heavy atom. The van der Waals surface area contributed by atoms with Crippen LogP contribution in [0.25, 0.3) is 0 Å². The zero-order valence-electron chi connectivity index (χ0n) is 11.7. The van der Waals surface area contributed by atoms with Crippen molar-refractivity contribution in [2.75, 3.05) is 25.6 Å². The molecule has 0 aliphatic heterocycles. The third-order valence-corrected chi connectivity index (χ3v) is 2.65. The van der Waals surface area contributed by atoms with Gasteiger partial charge < -0.3 is 20.1 Å². The largest absolute Gasteiger partial charge is 0.497 e. The average Bonchev–Trinajstić information content (AvgIpc) is 2.53. The van der Waals surface area contributed by atoms with Gasteiger partial charge in [-0.2, -0.15) is 0 Å². The Bertz CT molecular complexity index is 558. The normalized spacial score (nSPS) is 9.76. The number of carbonyl (C=O) groups excluding carboxylic acids is 1. The fourth-order valence-electron chi connectivity index (χ4n) is 1.62. The molecule has 21 heavy (non-hydrogen) atoms. The summed E-state index contributed by atoms with van der Waals surface area (Å²) < 4.78 is 10.6. The van der Waals surface area contributed by atoms with E-state index in [0.29, 0.717) is 18.8 Å². The van der Waals surface area contributed by atoms with Crippen LogP contribution in [0, 0.1) is 0 Å². The first-order chi connectivity index (χ1) is 10.3. The lowest BCUT2D eigenvalue weighted by atomic mass is 10.3. The maximum Gasteiger partial charge on any atom is 0.319 e. The summed E-state index contributed by atoms with van der Waals surface area (Å²) in [7, 11) is 1.61. The molecule has 2 amide bonds. The molecule has 0 atom stereocenters. The fraction of sp³-hybridized carbons (Fsp3) is 0.200. The molecule has 0 spiro atoms. The van der Waals surface area contributed by atoms with Crippen molar-refractivity contribution in [3.05, 3.63) is 48.8 Å². The molecule has 0 saturated heterocycles. The van der Waals surface area contributed by atoms with E-state index in [0.717, 1.165) is 11.5 Å². The monoisotopic (exact) mass is 287 g/mol. The van der Waals surface area contributed by atoms with Gasteiger partial charge in [0.25, 0.3) is 0 Å². The van der Waals surface area contributed by atoms with Gasteiger partial charge in [0.1, 0.15) is 18.1 Å². The van der Waals surface area contributed by atoms with E-state index in [1.165, 1.54) is 0 Å². The highest BCUT2D eigenvalue weighted by molar-refractivity contribution is 5.88. The smallest absolute Gasteiger partial charge is 0.319 e. The number of rotatable bonds is 6. The number of methoxy groups -OCH3 is 1. The molecule has 1 heterocycles. The molecule has 1 aromatic heterocycles. The summed E-state index contributed by atoms with van der Waals surface area (Å²) in [6.45, 7) is 0.791. The maximum absolute atomic E-state index is 11.6. The molecule has 6 heteroatoms. The predicted molar refractivity (Wildman–Crippen MR) is 79.7 cm³/mol. The Morgan fingerprint density at radius 2 is 1.76 bits per heavy atom. The Hall–Kier alpha value is -2.76. The predicted octanol–water partition coefficient (Wildman–Crippen LogP) is 2.29. The van der Waals surface area contributed by atoms with Crippen LogP contribution in [0.15, 0.2) is 48.8 Å². The van der Waals surface area contributed by atoms with Gasteiger partial charge in [-0.25, -0.2) is 4.79 Å². The van der Waals surface area contributed by atoms with E-state index in [1.807, 2.05) is 24.3 Å². The molecule has 6 nitrogen and oxygen atoms in total. The Balaban J connectivity index is 1.66. The molecule has 0 aliphatic carbocycles. The van der Waals surface area contributed by atoms with Crippen molar-refractivity contribution >= 4 is 11.7 Å². The number of pyridine rings is 1. The quantitative estimate of drug-likeness (QED) is 0.800. The number of ether oxygens (including phenoxy) is 2. The average molecular weight is 287 g/mol. The van der Waals surface area contributed by atoms with Gasteiger partial charge in [0.05, 0.1) is 13.7 Å². The van der Waals surface area contributed by atoms with Crippen LogP contribution in [-0.4, -0.2) is 31.3 Å². The van der Waals surface area contributed by atoms with Crippen molar-refractivity contribution in [1.82, 2.24) is 10.3 Å². The summed E-state index contributed by atoms with van der Waals surface area (Å²) in [4.78, 5) is 15.5. The molecule has 110 valence electrons. The van der Waals surface area contributed by atoms with Crippen molar-refractivity contribution in [2.45, 2.75) is 0 Å². The zero-order chi connectivity index (χ0) is 14.9. The standard InChI is InChI=1S/C15H17N3O3/c1-20-13-2-4-14(5-3-13)21-11-10-17-15(19)18-12-6-8-16-9-7-12/h2-9H,10-11H2,1H3,(H2,16,17,18,19). The number of nitrogens with zero attached hydrogens (tertiary/aromatic N) is 1. The highest BCUT2D eigenvalue weighted by atomic mass is 16.5. The van der Waals surface area contributed by atoms with Gasteiger partial charge in [0.15, 0.2) is 0 Å². The minimum atomic E-state index is -0.278. The second-order valence-corrected chi connectivity index (χ2v) is 4.14. The van der Waals surface area contributed by atoms with E-state index in [9.17, 15) is 4.79 Å². The summed E-state index contributed by atoms with van der Waals surface area (Å²) in [5.74, 6) is 1.50. The van der Waals surface area contributed by atoms with Crippen molar-refractivity contribution in [2.24, 2.45) is 0 Å².